The Balaban J connectivity index is 3.16. The van der Waals surface area contributed by atoms with Crippen molar-refractivity contribution in [2.24, 2.45) is 0 Å². The molecule has 12 heteroatoms. The normalized spacial score (nSPS) is 12.7. The van der Waals surface area contributed by atoms with Crippen molar-refractivity contribution in [3.8, 4) is 5.75 Å². The van der Waals surface area contributed by atoms with Gasteiger partial charge < -0.3 is 4.74 Å². The summed E-state index contributed by atoms with van der Waals surface area (Å²) in [5.41, 5.74) is -5.81. The number of hydrogen-bond donors (Lipinski definition) is 1. The third-order valence-corrected chi connectivity index (χ3v) is 5.44. The minimum atomic E-state index is -6.11. The lowest BCUT2D eigenvalue weighted by Crippen LogP contribution is -2.40. The Morgan fingerprint density at radius 2 is 1.78 bits per heavy atom. The number of ether oxygens (including phenoxy) is 1. The highest BCUT2D eigenvalue weighted by Gasteiger charge is 2.48. The molecule has 0 saturated heterocycles. The maximum Gasteiger partial charge on any atom is 0.512 e. The van der Waals surface area contributed by atoms with Gasteiger partial charge in [0.25, 0.3) is 10.0 Å². The molecule has 0 amide bonds. The van der Waals surface area contributed by atoms with Crippen LogP contribution in [-0.4, -0.2) is 28.3 Å². The van der Waals surface area contributed by atoms with Crippen LogP contribution < -0.4 is 8.86 Å². The highest BCUT2D eigenvalue weighted by Crippen LogP contribution is 2.24. The molecular formula is C11H10F3NO6S2. The third kappa shape index (κ3) is 4.77. The zero-order chi connectivity index (χ0) is 18.1. The van der Waals surface area contributed by atoms with E-state index in [-0.39, 0.29) is 11.3 Å². The number of carbonyl (C=O) groups excluding carboxylic acids is 1. The fourth-order valence-electron chi connectivity index (χ4n) is 1.14. The lowest BCUT2D eigenvalue weighted by Gasteiger charge is -2.11. The first-order chi connectivity index (χ1) is 10.3. The van der Waals surface area contributed by atoms with Crippen molar-refractivity contribution in [1.29, 1.82) is 0 Å². The SMILES string of the molecule is C=C(C)C(=O)Oc1cccc(S(=O)(=O)NS(=O)(=O)C(F)(F)F)c1. The third-order valence-electron chi connectivity index (χ3n) is 2.20. The average Bonchev–Trinajstić information content (AvgIpc) is 2.36. The van der Waals surface area contributed by atoms with Crippen LogP contribution in [0.2, 0.25) is 0 Å². The van der Waals surface area contributed by atoms with E-state index in [9.17, 15) is 34.8 Å². The van der Waals surface area contributed by atoms with Gasteiger partial charge in [0.1, 0.15) is 5.75 Å². The zero-order valence-electron chi connectivity index (χ0n) is 11.4. The Morgan fingerprint density at radius 1 is 1.22 bits per heavy atom. The summed E-state index contributed by atoms with van der Waals surface area (Å²) in [5.74, 6) is -1.21. The second kappa shape index (κ2) is 6.29. The Kier molecular flexibility index (Phi) is 5.23. The molecule has 0 unspecified atom stereocenters. The molecule has 0 saturated carbocycles. The van der Waals surface area contributed by atoms with E-state index < -0.39 is 36.4 Å². The van der Waals surface area contributed by atoms with Crippen molar-refractivity contribution in [2.75, 3.05) is 0 Å². The summed E-state index contributed by atoms with van der Waals surface area (Å²) < 4.78 is 87.1. The number of esters is 1. The monoisotopic (exact) mass is 373 g/mol. The zero-order valence-corrected chi connectivity index (χ0v) is 13.0. The van der Waals surface area contributed by atoms with E-state index in [4.69, 9.17) is 4.74 Å². The van der Waals surface area contributed by atoms with Gasteiger partial charge in [0.05, 0.1) is 4.90 Å². The molecule has 0 fully saturated rings. The van der Waals surface area contributed by atoms with Crippen LogP contribution >= 0.6 is 0 Å². The molecule has 7 nitrogen and oxygen atoms in total. The molecule has 0 aliphatic rings. The Labute approximate surface area is 129 Å². The fraction of sp³-hybridized carbons (Fsp3) is 0.182. The van der Waals surface area contributed by atoms with Gasteiger partial charge in [-0.1, -0.05) is 16.8 Å². The number of alkyl halides is 3. The minimum absolute atomic E-state index is 0.00367. The summed E-state index contributed by atoms with van der Waals surface area (Å²) >= 11 is 0. The van der Waals surface area contributed by atoms with Crippen molar-refractivity contribution in [3.63, 3.8) is 0 Å². The van der Waals surface area contributed by atoms with Gasteiger partial charge in [0.15, 0.2) is 0 Å². The molecule has 0 aliphatic heterocycles. The first-order valence-corrected chi connectivity index (χ1v) is 8.55. The fourth-order valence-corrected chi connectivity index (χ4v) is 3.59. The minimum Gasteiger partial charge on any atom is -0.423 e. The van der Waals surface area contributed by atoms with Crippen LogP contribution in [0.3, 0.4) is 0 Å². The molecule has 0 heterocycles. The van der Waals surface area contributed by atoms with Gasteiger partial charge >= 0.3 is 21.5 Å². The second-order valence-electron chi connectivity index (χ2n) is 4.18. The van der Waals surface area contributed by atoms with Gasteiger partial charge in [-0.3, -0.25) is 0 Å². The molecule has 0 aromatic heterocycles. The summed E-state index contributed by atoms with van der Waals surface area (Å²) in [5, 5.41) is 0. The Hall–Kier alpha value is -1.92. The number of sulfonamides is 2. The Morgan fingerprint density at radius 3 is 2.26 bits per heavy atom. The predicted molar refractivity (Wildman–Crippen MR) is 72.2 cm³/mol. The van der Waals surface area contributed by atoms with Crippen LogP contribution in [0.1, 0.15) is 6.92 Å². The maximum atomic E-state index is 12.2. The molecule has 0 bridgehead atoms. The van der Waals surface area contributed by atoms with Gasteiger partial charge in [0, 0.05) is 11.6 Å². The molecule has 0 atom stereocenters. The quantitative estimate of drug-likeness (QED) is 0.474. The van der Waals surface area contributed by atoms with E-state index in [0.29, 0.717) is 10.2 Å². The molecule has 128 valence electrons. The topological polar surface area (TPSA) is 107 Å². The lowest BCUT2D eigenvalue weighted by atomic mass is 10.3. The van der Waals surface area contributed by atoms with Crippen molar-refractivity contribution in [3.05, 3.63) is 36.4 Å². The van der Waals surface area contributed by atoms with Gasteiger partial charge in [-0.05, 0) is 19.1 Å². The number of halogens is 3. The molecule has 23 heavy (non-hydrogen) atoms. The number of rotatable bonds is 5. The highest BCUT2D eigenvalue weighted by atomic mass is 32.3. The van der Waals surface area contributed by atoms with E-state index >= 15 is 0 Å². The van der Waals surface area contributed by atoms with Crippen molar-refractivity contribution in [1.82, 2.24) is 4.13 Å². The van der Waals surface area contributed by atoms with E-state index in [1.54, 1.807) is 0 Å². The van der Waals surface area contributed by atoms with E-state index in [1.165, 1.54) is 6.92 Å². The van der Waals surface area contributed by atoms with Gasteiger partial charge in [-0.15, -0.1) is 0 Å². The molecule has 0 aliphatic carbocycles. The number of benzene rings is 1. The van der Waals surface area contributed by atoms with E-state index in [1.807, 2.05) is 0 Å². The molecule has 1 aromatic rings. The molecule has 0 radical (unpaired) electrons. The van der Waals surface area contributed by atoms with Crippen LogP contribution in [0.5, 0.6) is 5.75 Å². The van der Waals surface area contributed by atoms with E-state index in [2.05, 4.69) is 6.58 Å². The van der Waals surface area contributed by atoms with Crippen molar-refractivity contribution >= 4 is 26.0 Å². The largest absolute Gasteiger partial charge is 0.512 e. The number of carbonyl (C=O) groups is 1. The molecular weight excluding hydrogens is 363 g/mol. The molecule has 1 rings (SSSR count). The summed E-state index contributed by atoms with van der Waals surface area (Å²) in [4.78, 5) is 10.5. The summed E-state index contributed by atoms with van der Waals surface area (Å²) in [6.07, 6.45) is 0. The smallest absolute Gasteiger partial charge is 0.423 e. The molecule has 1 aromatic carbocycles. The van der Waals surface area contributed by atoms with Gasteiger partial charge in [-0.2, -0.15) is 13.2 Å². The van der Waals surface area contributed by atoms with Crippen molar-refractivity contribution in [2.45, 2.75) is 17.3 Å². The van der Waals surface area contributed by atoms with Crippen LogP contribution in [0.4, 0.5) is 13.2 Å². The van der Waals surface area contributed by atoms with Crippen LogP contribution in [-0.2, 0) is 24.8 Å². The summed E-state index contributed by atoms with van der Waals surface area (Å²) in [6.45, 7) is 4.61. The van der Waals surface area contributed by atoms with Crippen LogP contribution in [0.15, 0.2) is 41.3 Å². The average molecular weight is 373 g/mol. The van der Waals surface area contributed by atoms with Crippen LogP contribution in [0.25, 0.3) is 0 Å². The first-order valence-electron chi connectivity index (χ1n) is 5.59. The highest BCUT2D eigenvalue weighted by molar-refractivity contribution is 8.05. The predicted octanol–water partition coefficient (Wildman–Crippen LogP) is 1.30. The second-order valence-corrected chi connectivity index (χ2v) is 7.80. The standard InChI is InChI=1S/C11H10F3NO6S2/c1-7(2)10(16)21-8-4-3-5-9(6-8)22(17,18)15-23(19,20)11(12,13)14/h3-6,15H,1H2,2H3. The number of nitrogens with one attached hydrogen (secondary N) is 1. The summed E-state index contributed by atoms with van der Waals surface area (Å²) in [6, 6.07) is 3.72. The van der Waals surface area contributed by atoms with Gasteiger partial charge in [0.2, 0.25) is 0 Å². The van der Waals surface area contributed by atoms with Gasteiger partial charge in [-0.25, -0.2) is 21.6 Å². The summed E-state index contributed by atoms with van der Waals surface area (Å²) in [7, 11) is -11.2. The Bertz CT molecular complexity index is 843. The lowest BCUT2D eigenvalue weighted by molar-refractivity contribution is -0.130. The maximum absolute atomic E-state index is 12.2. The van der Waals surface area contributed by atoms with E-state index in [0.717, 1.165) is 18.2 Å². The first kappa shape index (κ1) is 19.1. The molecule has 0 spiro atoms. The van der Waals surface area contributed by atoms with Crippen molar-refractivity contribution < 1.29 is 39.5 Å². The number of hydrogen-bond acceptors (Lipinski definition) is 6. The van der Waals surface area contributed by atoms with Crippen LogP contribution in [0, 0.1) is 0 Å². The molecule has 1 N–H and O–H groups in total.